The monoisotopic (exact) mass is 268 g/mol. The highest BCUT2D eigenvalue weighted by atomic mass is 79.9. The molecule has 0 bridgehead atoms. The van der Waals surface area contributed by atoms with Crippen LogP contribution >= 0.6 is 15.9 Å². The first kappa shape index (κ1) is 10.2. The summed E-state index contributed by atoms with van der Waals surface area (Å²) >= 11 is 3.34. The molecule has 2 N–H and O–H groups in total. The van der Waals surface area contributed by atoms with Gasteiger partial charge in [-0.25, -0.2) is 0 Å². The van der Waals surface area contributed by atoms with E-state index < -0.39 is 5.97 Å². The van der Waals surface area contributed by atoms with Gasteiger partial charge in [0.2, 0.25) is 0 Å². The van der Waals surface area contributed by atoms with Crippen molar-refractivity contribution in [2.24, 2.45) is 0 Å². The van der Waals surface area contributed by atoms with Gasteiger partial charge in [0.15, 0.2) is 0 Å². The van der Waals surface area contributed by atoms with E-state index >= 15 is 0 Å². The number of hydrogen-bond acceptors (Lipinski definition) is 2. The largest absolute Gasteiger partial charge is 0.481 e. The average Bonchev–Trinajstić information content (AvgIpc) is 2.57. The number of hydrogen-bond donors (Lipinski definition) is 2. The number of nitrogens with one attached hydrogen (secondary N) is 1. The van der Waals surface area contributed by atoms with Crippen molar-refractivity contribution in [3.8, 4) is 0 Å². The van der Waals surface area contributed by atoms with Crippen LogP contribution in [0.3, 0.4) is 0 Å². The third-order valence-corrected chi connectivity index (χ3v) is 2.81. The Balaban J connectivity index is 2.27. The van der Waals surface area contributed by atoms with Crippen LogP contribution in [0.2, 0.25) is 0 Å². The number of nitrogens with zero attached hydrogens (tertiary/aromatic N) is 1. The minimum Gasteiger partial charge on any atom is -0.481 e. The number of rotatable bonds is 3. The van der Waals surface area contributed by atoms with Crippen LogP contribution in [0.4, 0.5) is 0 Å². The molecule has 0 saturated heterocycles. The van der Waals surface area contributed by atoms with Gasteiger partial charge in [0, 0.05) is 11.8 Å². The van der Waals surface area contributed by atoms with Gasteiger partial charge in [-0.1, -0.05) is 6.07 Å². The summed E-state index contributed by atoms with van der Waals surface area (Å²) in [4.78, 5) is 10.4. The average molecular weight is 269 g/mol. The maximum atomic E-state index is 10.4. The second kappa shape index (κ2) is 4.02. The van der Waals surface area contributed by atoms with Crippen molar-refractivity contribution in [1.82, 2.24) is 10.2 Å². The third kappa shape index (κ3) is 2.18. The Bertz CT molecular complexity index is 507. The lowest BCUT2D eigenvalue weighted by Gasteiger charge is -1.97. The molecule has 5 heteroatoms. The normalized spacial score (nSPS) is 10.7. The number of carboxylic acids is 1. The number of fused-ring (bicyclic) bond motifs is 1. The zero-order chi connectivity index (χ0) is 10.8. The maximum absolute atomic E-state index is 10.4. The standard InChI is InChI=1S/C10H9BrN2O2/c11-10-7-3-1-6(2-4-9(14)15)5-8(7)12-13-10/h1,3,5H,2,4H2,(H,12,13)(H,14,15). The fraction of sp³-hybridized carbons (Fsp3) is 0.200. The summed E-state index contributed by atoms with van der Waals surface area (Å²) in [6.07, 6.45) is 0.687. The predicted molar refractivity (Wildman–Crippen MR) is 59.8 cm³/mol. The quantitative estimate of drug-likeness (QED) is 0.898. The third-order valence-electron chi connectivity index (χ3n) is 2.20. The number of aromatic nitrogens is 2. The van der Waals surface area contributed by atoms with Crippen LogP contribution in [0.5, 0.6) is 0 Å². The van der Waals surface area contributed by atoms with E-state index in [0.29, 0.717) is 6.42 Å². The first-order valence-electron chi connectivity index (χ1n) is 4.51. The molecule has 2 aromatic rings. The number of H-pyrrole nitrogens is 1. The summed E-state index contributed by atoms with van der Waals surface area (Å²) in [7, 11) is 0. The molecule has 0 spiro atoms. The van der Waals surface area contributed by atoms with Gasteiger partial charge in [-0.2, -0.15) is 5.10 Å². The van der Waals surface area contributed by atoms with E-state index in [4.69, 9.17) is 5.11 Å². The molecule has 2 rings (SSSR count). The summed E-state index contributed by atoms with van der Waals surface area (Å²) in [5, 5.41) is 16.5. The van der Waals surface area contributed by atoms with E-state index in [2.05, 4.69) is 26.1 Å². The van der Waals surface area contributed by atoms with E-state index in [0.717, 1.165) is 21.1 Å². The Morgan fingerprint density at radius 2 is 2.33 bits per heavy atom. The number of halogens is 1. The number of aromatic amines is 1. The second-order valence-corrected chi connectivity index (χ2v) is 4.08. The molecule has 0 fully saturated rings. The molecule has 0 aliphatic carbocycles. The molecule has 0 saturated carbocycles. The molecule has 0 amide bonds. The molecule has 78 valence electrons. The summed E-state index contributed by atoms with van der Waals surface area (Å²) < 4.78 is 0.849. The molecule has 0 aliphatic heterocycles. The van der Waals surface area contributed by atoms with Gasteiger partial charge < -0.3 is 5.11 Å². The van der Waals surface area contributed by atoms with E-state index in [9.17, 15) is 4.79 Å². The summed E-state index contributed by atoms with van der Waals surface area (Å²) in [5.41, 5.74) is 1.84. The number of aliphatic carboxylic acids is 1. The second-order valence-electron chi connectivity index (χ2n) is 3.28. The van der Waals surface area contributed by atoms with Crippen LogP contribution in [0.15, 0.2) is 22.8 Å². The van der Waals surface area contributed by atoms with Crippen molar-refractivity contribution < 1.29 is 9.90 Å². The van der Waals surface area contributed by atoms with E-state index in [1.54, 1.807) is 0 Å². The van der Waals surface area contributed by atoms with Crippen molar-refractivity contribution in [1.29, 1.82) is 0 Å². The molecule has 15 heavy (non-hydrogen) atoms. The van der Waals surface area contributed by atoms with Gasteiger partial charge in [-0.05, 0) is 40.0 Å². The van der Waals surface area contributed by atoms with Gasteiger partial charge in [0.05, 0.1) is 5.52 Å². The SMILES string of the molecule is O=C(O)CCc1ccc2c(Br)[nH]nc2c1. The molecule has 0 atom stereocenters. The Kier molecular flexibility index (Phi) is 2.73. The molecule has 0 unspecified atom stereocenters. The van der Waals surface area contributed by atoms with E-state index in [-0.39, 0.29) is 6.42 Å². The highest BCUT2D eigenvalue weighted by Crippen LogP contribution is 2.22. The zero-order valence-corrected chi connectivity index (χ0v) is 9.41. The molecular weight excluding hydrogens is 260 g/mol. The molecule has 0 radical (unpaired) electrons. The molecule has 0 aliphatic rings. The fourth-order valence-corrected chi connectivity index (χ4v) is 1.86. The van der Waals surface area contributed by atoms with Crippen LogP contribution in [0.25, 0.3) is 10.9 Å². The Labute approximate surface area is 94.4 Å². The van der Waals surface area contributed by atoms with Crippen LogP contribution in [-0.4, -0.2) is 21.3 Å². The van der Waals surface area contributed by atoms with Crippen molar-refractivity contribution in [3.05, 3.63) is 28.4 Å². The predicted octanol–water partition coefficient (Wildman–Crippen LogP) is 2.34. The molecule has 1 aromatic carbocycles. The Morgan fingerprint density at radius 1 is 1.53 bits per heavy atom. The van der Waals surface area contributed by atoms with Gasteiger partial charge in [-0.3, -0.25) is 9.89 Å². The highest BCUT2D eigenvalue weighted by Gasteiger charge is 2.04. The lowest BCUT2D eigenvalue weighted by molar-refractivity contribution is -0.136. The Morgan fingerprint density at radius 3 is 3.07 bits per heavy atom. The number of benzene rings is 1. The molecule has 1 aromatic heterocycles. The van der Waals surface area contributed by atoms with Crippen molar-refractivity contribution in [2.45, 2.75) is 12.8 Å². The van der Waals surface area contributed by atoms with Crippen molar-refractivity contribution >= 4 is 32.8 Å². The maximum Gasteiger partial charge on any atom is 0.303 e. The topological polar surface area (TPSA) is 66.0 Å². The fourth-order valence-electron chi connectivity index (χ4n) is 1.43. The van der Waals surface area contributed by atoms with Crippen LogP contribution in [-0.2, 0) is 11.2 Å². The Hall–Kier alpha value is -1.36. The van der Waals surface area contributed by atoms with Gasteiger partial charge in [-0.15, -0.1) is 0 Å². The molecule has 1 heterocycles. The van der Waals surface area contributed by atoms with Crippen LogP contribution in [0.1, 0.15) is 12.0 Å². The van der Waals surface area contributed by atoms with Crippen molar-refractivity contribution in [3.63, 3.8) is 0 Å². The van der Waals surface area contributed by atoms with Crippen molar-refractivity contribution in [2.75, 3.05) is 0 Å². The van der Waals surface area contributed by atoms with E-state index in [1.807, 2.05) is 18.2 Å². The van der Waals surface area contributed by atoms with Gasteiger partial charge >= 0.3 is 5.97 Å². The van der Waals surface area contributed by atoms with E-state index in [1.165, 1.54) is 0 Å². The number of carboxylic acid groups (broad SMARTS) is 1. The summed E-state index contributed by atoms with van der Waals surface area (Å²) in [6, 6.07) is 5.76. The zero-order valence-electron chi connectivity index (χ0n) is 7.83. The van der Waals surface area contributed by atoms with Gasteiger partial charge in [0.1, 0.15) is 4.60 Å². The summed E-state index contributed by atoms with van der Waals surface area (Å²) in [5.74, 6) is -0.779. The number of carbonyl (C=O) groups is 1. The molecule has 4 nitrogen and oxygen atoms in total. The lowest BCUT2D eigenvalue weighted by Crippen LogP contribution is -1.97. The minimum absolute atomic E-state index is 0.150. The number of aryl methyl sites for hydroxylation is 1. The first-order chi connectivity index (χ1) is 7.16. The lowest BCUT2D eigenvalue weighted by atomic mass is 10.1. The minimum atomic E-state index is -0.779. The molecular formula is C10H9BrN2O2. The van der Waals surface area contributed by atoms with Gasteiger partial charge in [0.25, 0.3) is 0 Å². The summed E-state index contributed by atoms with van der Waals surface area (Å²) in [6.45, 7) is 0. The van der Waals surface area contributed by atoms with Crippen LogP contribution < -0.4 is 0 Å². The van der Waals surface area contributed by atoms with Crippen LogP contribution in [0, 0.1) is 0 Å². The first-order valence-corrected chi connectivity index (χ1v) is 5.30. The highest BCUT2D eigenvalue weighted by molar-refractivity contribution is 9.10. The smallest absolute Gasteiger partial charge is 0.303 e.